The SMILES string of the molecule is CCC(C)(CC)C(C)(C)c1ccc(Oc2ccc(S(=O)(=O)c3ccc(OC(C)(C)C)cc3)cc2)c(CCCN)c1. The van der Waals surface area contributed by atoms with Crippen molar-refractivity contribution in [1.82, 2.24) is 0 Å². The number of sulfone groups is 1. The Kier molecular flexibility index (Phi) is 9.79. The molecule has 40 heavy (non-hydrogen) atoms. The molecule has 0 aliphatic rings. The molecular formula is C34H47NO4S. The Morgan fingerprint density at radius 3 is 1.75 bits per heavy atom. The van der Waals surface area contributed by atoms with Crippen LogP contribution in [-0.2, 0) is 21.7 Å². The van der Waals surface area contributed by atoms with E-state index in [1.165, 1.54) is 5.56 Å². The van der Waals surface area contributed by atoms with Gasteiger partial charge in [0.15, 0.2) is 0 Å². The van der Waals surface area contributed by atoms with Crippen LogP contribution in [0.5, 0.6) is 17.2 Å². The Bertz CT molecular complexity index is 1360. The Balaban J connectivity index is 1.86. The van der Waals surface area contributed by atoms with E-state index in [1.807, 2.05) is 26.8 Å². The van der Waals surface area contributed by atoms with Crippen LogP contribution in [0, 0.1) is 5.41 Å². The molecular weight excluding hydrogens is 518 g/mol. The summed E-state index contributed by atoms with van der Waals surface area (Å²) < 4.78 is 38.6. The molecule has 2 N–H and O–H groups in total. The molecule has 0 radical (unpaired) electrons. The van der Waals surface area contributed by atoms with Gasteiger partial charge in [-0.2, -0.15) is 0 Å². The monoisotopic (exact) mass is 565 g/mol. The molecule has 0 atom stereocenters. The highest BCUT2D eigenvalue weighted by Crippen LogP contribution is 2.47. The maximum Gasteiger partial charge on any atom is 0.206 e. The van der Waals surface area contributed by atoms with E-state index in [0.29, 0.717) is 18.0 Å². The molecule has 0 heterocycles. The number of rotatable bonds is 12. The molecule has 3 rings (SSSR count). The van der Waals surface area contributed by atoms with Crippen LogP contribution in [-0.4, -0.2) is 20.6 Å². The molecule has 0 unspecified atom stereocenters. The Hall–Kier alpha value is -2.83. The molecule has 0 aromatic heterocycles. The summed E-state index contributed by atoms with van der Waals surface area (Å²) in [5, 5.41) is 0. The first-order valence-electron chi connectivity index (χ1n) is 14.3. The maximum absolute atomic E-state index is 13.2. The summed E-state index contributed by atoms with van der Waals surface area (Å²) >= 11 is 0. The molecule has 0 saturated carbocycles. The van der Waals surface area contributed by atoms with Crippen molar-refractivity contribution in [2.24, 2.45) is 11.1 Å². The predicted molar refractivity (Wildman–Crippen MR) is 164 cm³/mol. The van der Waals surface area contributed by atoms with Crippen molar-refractivity contribution in [3.05, 3.63) is 77.9 Å². The van der Waals surface area contributed by atoms with E-state index in [-0.39, 0.29) is 26.2 Å². The van der Waals surface area contributed by atoms with Crippen molar-refractivity contribution in [2.45, 2.75) is 102 Å². The summed E-state index contributed by atoms with van der Waals surface area (Å²) in [6.45, 7) is 18.0. The zero-order valence-electron chi connectivity index (χ0n) is 25.5. The minimum absolute atomic E-state index is 0.0143. The summed E-state index contributed by atoms with van der Waals surface area (Å²) in [5.41, 5.74) is 8.05. The van der Waals surface area contributed by atoms with Gasteiger partial charge in [-0.3, -0.25) is 0 Å². The van der Waals surface area contributed by atoms with Gasteiger partial charge in [0, 0.05) is 0 Å². The molecule has 0 fully saturated rings. The molecule has 0 aliphatic heterocycles. The lowest BCUT2D eigenvalue weighted by Gasteiger charge is -2.44. The van der Waals surface area contributed by atoms with Crippen LogP contribution in [0.15, 0.2) is 76.5 Å². The number of nitrogens with two attached hydrogens (primary N) is 1. The third-order valence-electron chi connectivity index (χ3n) is 8.42. The van der Waals surface area contributed by atoms with Gasteiger partial charge in [-0.25, -0.2) is 8.42 Å². The summed E-state index contributed by atoms with van der Waals surface area (Å²) in [6.07, 6.45) is 3.86. The highest BCUT2D eigenvalue weighted by Gasteiger charge is 2.39. The van der Waals surface area contributed by atoms with Crippen LogP contribution in [0.2, 0.25) is 0 Å². The Labute approximate surface area is 242 Å². The van der Waals surface area contributed by atoms with E-state index >= 15 is 0 Å². The minimum Gasteiger partial charge on any atom is -0.488 e. The van der Waals surface area contributed by atoms with Crippen LogP contribution in [0.4, 0.5) is 0 Å². The fraction of sp³-hybridized carbons (Fsp3) is 0.471. The second kappa shape index (κ2) is 12.4. The van der Waals surface area contributed by atoms with Crippen LogP contribution < -0.4 is 15.2 Å². The van der Waals surface area contributed by atoms with Gasteiger partial charge in [0.05, 0.1) is 9.79 Å². The van der Waals surface area contributed by atoms with Crippen molar-refractivity contribution in [3.63, 3.8) is 0 Å². The summed E-state index contributed by atoms with van der Waals surface area (Å²) in [6, 6.07) is 19.6. The molecule has 0 spiro atoms. The van der Waals surface area contributed by atoms with Gasteiger partial charge in [-0.05, 0) is 130 Å². The maximum atomic E-state index is 13.2. The third-order valence-corrected chi connectivity index (χ3v) is 10.2. The normalized spacial score (nSPS) is 12.8. The molecule has 3 aromatic carbocycles. The van der Waals surface area contributed by atoms with Crippen LogP contribution in [0.3, 0.4) is 0 Å². The van der Waals surface area contributed by atoms with Crippen LogP contribution >= 0.6 is 0 Å². The summed E-state index contributed by atoms with van der Waals surface area (Å²) in [4.78, 5) is 0.430. The highest BCUT2D eigenvalue weighted by molar-refractivity contribution is 7.91. The Morgan fingerprint density at radius 1 is 0.750 bits per heavy atom. The standard InChI is InChI=1S/C34H47NO4S/c1-9-34(8,10-2)33(6,7)26-13-22-31(25(24-26)12-11-23-35)38-27-14-18-29(19-15-27)40(36,37)30-20-16-28(17-21-30)39-32(3,4)5/h13-22,24H,9-12,23,35H2,1-8H3. The van der Waals surface area contributed by atoms with Crippen LogP contribution in [0.1, 0.15) is 85.8 Å². The minimum atomic E-state index is -3.68. The second-order valence-electron chi connectivity index (χ2n) is 12.4. The average Bonchev–Trinajstić information content (AvgIpc) is 2.91. The average molecular weight is 566 g/mol. The summed E-state index contributed by atoms with van der Waals surface area (Å²) in [7, 11) is -3.68. The zero-order valence-corrected chi connectivity index (χ0v) is 26.3. The third kappa shape index (κ3) is 7.08. The van der Waals surface area contributed by atoms with Gasteiger partial charge in [-0.1, -0.05) is 46.8 Å². The molecule has 0 saturated heterocycles. The quantitative estimate of drug-likeness (QED) is 0.238. The first-order valence-corrected chi connectivity index (χ1v) is 15.8. The first kappa shape index (κ1) is 31.7. The number of ether oxygens (including phenoxy) is 2. The zero-order chi connectivity index (χ0) is 29.8. The van der Waals surface area contributed by atoms with Gasteiger partial charge in [-0.15, -0.1) is 0 Å². The van der Waals surface area contributed by atoms with E-state index in [1.54, 1.807) is 48.5 Å². The fourth-order valence-electron chi connectivity index (χ4n) is 5.03. The topological polar surface area (TPSA) is 78.6 Å². The van der Waals surface area contributed by atoms with Crippen molar-refractivity contribution in [3.8, 4) is 17.2 Å². The van der Waals surface area contributed by atoms with E-state index in [2.05, 4.69) is 46.8 Å². The van der Waals surface area contributed by atoms with Crippen molar-refractivity contribution >= 4 is 9.84 Å². The molecule has 0 bridgehead atoms. The highest BCUT2D eigenvalue weighted by atomic mass is 32.2. The number of hydrogen-bond donors (Lipinski definition) is 1. The van der Waals surface area contributed by atoms with E-state index in [0.717, 1.165) is 37.0 Å². The van der Waals surface area contributed by atoms with Crippen LogP contribution in [0.25, 0.3) is 0 Å². The van der Waals surface area contributed by atoms with E-state index in [4.69, 9.17) is 15.2 Å². The van der Waals surface area contributed by atoms with Crippen molar-refractivity contribution in [2.75, 3.05) is 6.54 Å². The van der Waals surface area contributed by atoms with Crippen molar-refractivity contribution < 1.29 is 17.9 Å². The lowest BCUT2D eigenvalue weighted by Crippen LogP contribution is -2.38. The summed E-state index contributed by atoms with van der Waals surface area (Å²) in [5.74, 6) is 1.98. The lowest BCUT2D eigenvalue weighted by molar-refractivity contribution is 0.131. The number of aryl methyl sites for hydroxylation is 1. The smallest absolute Gasteiger partial charge is 0.206 e. The van der Waals surface area contributed by atoms with Gasteiger partial charge >= 0.3 is 0 Å². The van der Waals surface area contributed by atoms with E-state index in [9.17, 15) is 8.42 Å². The first-order chi connectivity index (χ1) is 18.7. The van der Waals surface area contributed by atoms with Gasteiger partial charge in [0.25, 0.3) is 0 Å². The lowest BCUT2D eigenvalue weighted by atomic mass is 9.60. The molecule has 5 nitrogen and oxygen atoms in total. The fourth-order valence-corrected chi connectivity index (χ4v) is 6.29. The van der Waals surface area contributed by atoms with Gasteiger partial charge in [0.1, 0.15) is 22.8 Å². The largest absolute Gasteiger partial charge is 0.488 e. The van der Waals surface area contributed by atoms with Gasteiger partial charge < -0.3 is 15.2 Å². The number of hydrogen-bond acceptors (Lipinski definition) is 5. The molecule has 3 aromatic rings. The Morgan fingerprint density at radius 2 is 1.27 bits per heavy atom. The number of benzene rings is 3. The van der Waals surface area contributed by atoms with Gasteiger partial charge in [0.2, 0.25) is 9.84 Å². The van der Waals surface area contributed by atoms with E-state index < -0.39 is 9.84 Å². The molecule has 218 valence electrons. The molecule has 6 heteroatoms. The predicted octanol–water partition coefficient (Wildman–Crippen LogP) is 8.48. The second-order valence-corrected chi connectivity index (χ2v) is 14.3. The molecule has 0 amide bonds. The molecule has 0 aliphatic carbocycles. The van der Waals surface area contributed by atoms with Crippen molar-refractivity contribution in [1.29, 1.82) is 0 Å².